The van der Waals surface area contributed by atoms with E-state index in [1.165, 1.54) is 0 Å². The largest absolute Gasteiger partial charge is 0.392 e. The Morgan fingerprint density at radius 2 is 2.00 bits per heavy atom. The van der Waals surface area contributed by atoms with E-state index in [0.29, 0.717) is 55.0 Å². The van der Waals surface area contributed by atoms with Crippen molar-refractivity contribution in [3.63, 3.8) is 0 Å². The van der Waals surface area contributed by atoms with Gasteiger partial charge in [0, 0.05) is 37.0 Å². The van der Waals surface area contributed by atoms with E-state index in [1.807, 2.05) is 35.2 Å². The Hall–Kier alpha value is -2.79. The van der Waals surface area contributed by atoms with Crippen LogP contribution in [0.15, 0.2) is 47.4 Å². The quantitative estimate of drug-likeness (QED) is 0.489. The van der Waals surface area contributed by atoms with Gasteiger partial charge in [-0.2, -0.15) is 4.98 Å². The fourth-order valence-electron chi connectivity index (χ4n) is 4.23. The number of rotatable bonds is 6. The summed E-state index contributed by atoms with van der Waals surface area (Å²) in [5.41, 5.74) is 8.05. The van der Waals surface area contributed by atoms with Crippen molar-refractivity contribution in [3.8, 4) is 0 Å². The molecular formula is C23H27N5O4S. The first kappa shape index (κ1) is 22.0. The molecule has 2 aliphatic rings. The van der Waals surface area contributed by atoms with Crippen LogP contribution in [0.3, 0.4) is 0 Å². The number of nitrogens with two attached hydrogens (primary N) is 1. The molecule has 0 radical (unpaired) electrons. The molecular weight excluding hydrogens is 442 g/mol. The molecule has 0 saturated carbocycles. The second-order valence-corrected chi connectivity index (χ2v) is 10.9. The van der Waals surface area contributed by atoms with Crippen LogP contribution in [-0.4, -0.2) is 62.1 Å². The van der Waals surface area contributed by atoms with Crippen LogP contribution in [0.4, 0.5) is 11.8 Å². The maximum absolute atomic E-state index is 12.8. The Morgan fingerprint density at radius 1 is 1.18 bits per heavy atom. The predicted molar refractivity (Wildman–Crippen MR) is 126 cm³/mol. The molecule has 0 aliphatic carbocycles. The monoisotopic (exact) mass is 469 g/mol. The minimum absolute atomic E-state index is 0.00868. The molecule has 1 aromatic heterocycles. The molecule has 4 N–H and O–H groups in total. The van der Waals surface area contributed by atoms with Gasteiger partial charge in [-0.15, -0.1) is 0 Å². The number of nitrogens with zero attached hydrogens (tertiary/aromatic N) is 3. The second-order valence-electron chi connectivity index (χ2n) is 8.78. The standard InChI is InChI=1S/C23H27N5O4S/c24-12-23(14-32-15-23)13-25-21-18-9-16(11-29)5-6-19(18)26-22(27-21)28-7-8-33(30,31)20-4-2-1-3-17(20)10-28/h1-6,9,29H,7-8,10-15,24H2,(H,25,26,27). The van der Waals surface area contributed by atoms with Gasteiger partial charge in [0.1, 0.15) is 5.82 Å². The average Bonchev–Trinajstić information content (AvgIpc) is 2.94. The van der Waals surface area contributed by atoms with E-state index in [4.69, 9.17) is 20.4 Å². The number of aliphatic hydroxyl groups excluding tert-OH is 1. The summed E-state index contributed by atoms with van der Waals surface area (Å²) >= 11 is 0. The average molecular weight is 470 g/mol. The minimum atomic E-state index is -3.38. The summed E-state index contributed by atoms with van der Waals surface area (Å²) in [6, 6.07) is 12.6. The van der Waals surface area contributed by atoms with Crippen LogP contribution in [-0.2, 0) is 27.7 Å². The number of benzene rings is 2. The first-order chi connectivity index (χ1) is 15.9. The zero-order valence-electron chi connectivity index (χ0n) is 18.2. The van der Waals surface area contributed by atoms with Crippen LogP contribution in [0.25, 0.3) is 10.9 Å². The summed E-state index contributed by atoms with van der Waals surface area (Å²) in [6.45, 7) is 2.88. The molecule has 0 bridgehead atoms. The highest BCUT2D eigenvalue weighted by atomic mass is 32.2. The van der Waals surface area contributed by atoms with Crippen LogP contribution >= 0.6 is 0 Å². The molecule has 0 spiro atoms. The van der Waals surface area contributed by atoms with E-state index in [2.05, 4.69) is 5.32 Å². The molecule has 9 nitrogen and oxygen atoms in total. The first-order valence-corrected chi connectivity index (χ1v) is 12.6. The Balaban J connectivity index is 1.54. The van der Waals surface area contributed by atoms with Gasteiger partial charge in [0.2, 0.25) is 5.95 Å². The maximum Gasteiger partial charge on any atom is 0.228 e. The number of ether oxygens (including phenoxy) is 1. The van der Waals surface area contributed by atoms with Crippen molar-refractivity contribution < 1.29 is 18.3 Å². The molecule has 10 heteroatoms. The van der Waals surface area contributed by atoms with E-state index in [0.717, 1.165) is 16.5 Å². The highest BCUT2D eigenvalue weighted by Crippen LogP contribution is 2.31. The molecule has 2 aliphatic heterocycles. The molecule has 1 fully saturated rings. The van der Waals surface area contributed by atoms with Crippen molar-refractivity contribution in [2.45, 2.75) is 18.0 Å². The first-order valence-electron chi connectivity index (χ1n) is 10.9. The molecule has 5 rings (SSSR count). The Bertz CT molecular complexity index is 1290. The van der Waals surface area contributed by atoms with Crippen LogP contribution in [0.5, 0.6) is 0 Å². The van der Waals surface area contributed by atoms with Gasteiger partial charge < -0.3 is 25.8 Å². The lowest BCUT2D eigenvalue weighted by Crippen LogP contribution is -2.52. The number of hydrogen-bond donors (Lipinski definition) is 3. The summed E-state index contributed by atoms with van der Waals surface area (Å²) in [7, 11) is -3.38. The van der Waals surface area contributed by atoms with Crippen LogP contribution in [0, 0.1) is 5.41 Å². The number of fused-ring (bicyclic) bond motifs is 2. The summed E-state index contributed by atoms with van der Waals surface area (Å²) in [6.07, 6.45) is 0. The third-order valence-electron chi connectivity index (χ3n) is 6.39. The summed E-state index contributed by atoms with van der Waals surface area (Å²) in [5, 5.41) is 13.8. The zero-order chi connectivity index (χ0) is 23.1. The third-order valence-corrected chi connectivity index (χ3v) is 8.18. The topological polar surface area (TPSA) is 131 Å². The lowest BCUT2D eigenvalue weighted by Gasteiger charge is -2.40. The number of hydrogen-bond acceptors (Lipinski definition) is 9. The number of nitrogens with one attached hydrogen (secondary N) is 1. The van der Waals surface area contributed by atoms with Gasteiger partial charge in [-0.3, -0.25) is 0 Å². The second kappa shape index (κ2) is 8.53. The summed E-state index contributed by atoms with van der Waals surface area (Å²) in [4.78, 5) is 11.8. The Morgan fingerprint density at radius 3 is 2.73 bits per heavy atom. The van der Waals surface area contributed by atoms with Crippen molar-refractivity contribution >= 4 is 32.5 Å². The molecule has 174 valence electrons. The van der Waals surface area contributed by atoms with E-state index in [1.54, 1.807) is 12.1 Å². The number of anilines is 2. The smallest absolute Gasteiger partial charge is 0.228 e. The molecule has 0 unspecified atom stereocenters. The highest BCUT2D eigenvalue weighted by Gasteiger charge is 2.37. The summed E-state index contributed by atoms with van der Waals surface area (Å²) < 4.78 is 30.9. The Labute approximate surface area is 192 Å². The highest BCUT2D eigenvalue weighted by molar-refractivity contribution is 7.91. The number of aliphatic hydroxyl groups is 1. The molecule has 33 heavy (non-hydrogen) atoms. The molecule has 0 atom stereocenters. The minimum Gasteiger partial charge on any atom is -0.392 e. The van der Waals surface area contributed by atoms with E-state index in [9.17, 15) is 13.5 Å². The lowest BCUT2D eigenvalue weighted by molar-refractivity contribution is -0.0979. The van der Waals surface area contributed by atoms with Gasteiger partial charge in [0.05, 0.1) is 36.0 Å². The third kappa shape index (κ3) is 4.15. The number of aromatic nitrogens is 2. The zero-order valence-corrected chi connectivity index (χ0v) is 19.0. The van der Waals surface area contributed by atoms with E-state index >= 15 is 0 Å². The van der Waals surface area contributed by atoms with E-state index in [-0.39, 0.29) is 24.3 Å². The molecule has 3 heterocycles. The van der Waals surface area contributed by atoms with Crippen LogP contribution < -0.4 is 16.0 Å². The van der Waals surface area contributed by atoms with Crippen molar-refractivity contribution in [3.05, 3.63) is 53.6 Å². The predicted octanol–water partition coefficient (Wildman–Crippen LogP) is 1.30. The SMILES string of the molecule is NCC1(CNc2nc(N3CCS(=O)(=O)c4ccccc4C3)nc3ccc(CO)cc23)COC1. The van der Waals surface area contributed by atoms with Gasteiger partial charge in [0.15, 0.2) is 9.84 Å². The van der Waals surface area contributed by atoms with Gasteiger partial charge >= 0.3 is 0 Å². The fraction of sp³-hybridized carbons (Fsp3) is 0.391. The molecule has 1 saturated heterocycles. The lowest BCUT2D eigenvalue weighted by atomic mass is 9.86. The van der Waals surface area contributed by atoms with Crippen molar-refractivity contribution in [2.75, 3.05) is 48.8 Å². The van der Waals surface area contributed by atoms with Crippen molar-refractivity contribution in [1.82, 2.24) is 9.97 Å². The van der Waals surface area contributed by atoms with Gasteiger partial charge in [0.25, 0.3) is 0 Å². The van der Waals surface area contributed by atoms with Gasteiger partial charge in [-0.1, -0.05) is 24.3 Å². The van der Waals surface area contributed by atoms with Crippen molar-refractivity contribution in [2.24, 2.45) is 11.1 Å². The maximum atomic E-state index is 12.8. The molecule has 3 aromatic rings. The van der Waals surface area contributed by atoms with E-state index < -0.39 is 9.84 Å². The normalized spacial score (nSPS) is 18.9. The molecule has 0 amide bonds. The van der Waals surface area contributed by atoms with Crippen LogP contribution in [0.2, 0.25) is 0 Å². The van der Waals surface area contributed by atoms with Crippen molar-refractivity contribution in [1.29, 1.82) is 0 Å². The molecule has 2 aromatic carbocycles. The number of sulfone groups is 1. The Kier molecular flexibility index (Phi) is 5.69. The van der Waals surface area contributed by atoms with Crippen LogP contribution in [0.1, 0.15) is 11.1 Å². The van der Waals surface area contributed by atoms with Gasteiger partial charge in [-0.25, -0.2) is 13.4 Å². The fourth-order valence-corrected chi connectivity index (χ4v) is 5.72. The van der Waals surface area contributed by atoms with Gasteiger partial charge in [-0.05, 0) is 29.3 Å². The summed E-state index contributed by atoms with van der Waals surface area (Å²) in [5.74, 6) is 1.08.